The lowest BCUT2D eigenvalue weighted by molar-refractivity contribution is 0.0660. The molecule has 176 valence electrons. The summed E-state index contributed by atoms with van der Waals surface area (Å²) in [6.07, 6.45) is 11.5. The molecule has 2 aromatic heterocycles. The minimum Gasteiger partial charge on any atom is -0.444 e. The zero-order chi connectivity index (χ0) is 23.6. The van der Waals surface area contributed by atoms with Crippen molar-refractivity contribution in [1.29, 1.82) is 0 Å². The van der Waals surface area contributed by atoms with Gasteiger partial charge in [-0.25, -0.2) is 4.98 Å². The average Bonchev–Trinajstić information content (AvgIpc) is 3.41. The van der Waals surface area contributed by atoms with Crippen LogP contribution in [0.4, 0.5) is 5.69 Å². The number of anilines is 1. The maximum Gasteiger partial charge on any atom is 0.277 e. The Bertz CT molecular complexity index is 1080. The Labute approximate surface area is 193 Å². The van der Waals surface area contributed by atoms with Gasteiger partial charge >= 0.3 is 0 Å². The Morgan fingerprint density at radius 2 is 1.94 bits per heavy atom. The van der Waals surface area contributed by atoms with Gasteiger partial charge in [0.1, 0.15) is 6.26 Å². The lowest BCUT2D eigenvalue weighted by atomic mass is 9.96. The number of rotatable bonds is 5. The van der Waals surface area contributed by atoms with Crippen molar-refractivity contribution in [2.45, 2.75) is 58.5 Å². The Morgan fingerprint density at radius 1 is 1.18 bits per heavy atom. The van der Waals surface area contributed by atoms with Crippen LogP contribution in [-0.4, -0.2) is 45.3 Å². The van der Waals surface area contributed by atoms with E-state index in [0.717, 1.165) is 24.8 Å². The van der Waals surface area contributed by atoms with Crippen LogP contribution in [0.2, 0.25) is 0 Å². The van der Waals surface area contributed by atoms with Gasteiger partial charge in [-0.3, -0.25) is 14.3 Å². The molecule has 0 radical (unpaired) electrons. The van der Waals surface area contributed by atoms with Crippen LogP contribution in [0.5, 0.6) is 0 Å². The van der Waals surface area contributed by atoms with Crippen molar-refractivity contribution in [3.63, 3.8) is 0 Å². The molecular formula is C24H31N5O4. The van der Waals surface area contributed by atoms with Crippen LogP contribution in [0.25, 0.3) is 5.57 Å². The lowest BCUT2D eigenvalue weighted by Gasteiger charge is -2.22. The third-order valence-corrected chi connectivity index (χ3v) is 5.54. The number of ether oxygens (including phenoxy) is 1. The molecule has 2 N–H and O–H groups in total. The third-order valence-electron chi connectivity index (χ3n) is 5.54. The van der Waals surface area contributed by atoms with Crippen LogP contribution in [0.1, 0.15) is 79.9 Å². The molecule has 33 heavy (non-hydrogen) atoms. The molecule has 9 heteroatoms. The van der Waals surface area contributed by atoms with Crippen LogP contribution in [0.15, 0.2) is 35.1 Å². The van der Waals surface area contributed by atoms with Gasteiger partial charge in [0.25, 0.3) is 11.8 Å². The molecule has 1 unspecified atom stereocenters. The number of hydrogen-bond donors (Lipinski definition) is 2. The van der Waals surface area contributed by atoms with E-state index >= 15 is 0 Å². The standard InChI is InChI=1S/C24H31N5O4/c1-15-6-5-7-16(12-15)23-26-19(14-33-23)21(30)25-18-13-29(17-8-10-32-11-9-17)28-20(18)22(31)27-24(2,3)4/h5-7,13-15,17H,8-12H2,1-4H3,(H,25,30)(H,27,31). The molecule has 2 amide bonds. The zero-order valence-corrected chi connectivity index (χ0v) is 19.6. The van der Waals surface area contributed by atoms with E-state index < -0.39 is 11.4 Å². The minimum atomic E-state index is -0.457. The van der Waals surface area contributed by atoms with Crippen LogP contribution in [0.3, 0.4) is 0 Å². The van der Waals surface area contributed by atoms with Crippen molar-refractivity contribution >= 4 is 23.1 Å². The van der Waals surface area contributed by atoms with Gasteiger partial charge < -0.3 is 19.8 Å². The van der Waals surface area contributed by atoms with Gasteiger partial charge in [-0.1, -0.05) is 25.2 Å². The second-order valence-corrected chi connectivity index (χ2v) is 9.67. The summed E-state index contributed by atoms with van der Waals surface area (Å²) < 4.78 is 12.8. The van der Waals surface area contributed by atoms with E-state index in [0.29, 0.717) is 30.7 Å². The molecule has 1 aliphatic carbocycles. The van der Waals surface area contributed by atoms with Gasteiger partial charge in [-0.15, -0.1) is 0 Å². The van der Waals surface area contributed by atoms with E-state index in [9.17, 15) is 9.59 Å². The quantitative estimate of drug-likeness (QED) is 0.708. The average molecular weight is 454 g/mol. The molecule has 2 aliphatic rings. The molecule has 4 rings (SSSR count). The number of amides is 2. The minimum absolute atomic E-state index is 0.109. The second-order valence-electron chi connectivity index (χ2n) is 9.67. The number of carbonyl (C=O) groups excluding carboxylic acids is 2. The highest BCUT2D eigenvalue weighted by molar-refractivity contribution is 6.07. The summed E-state index contributed by atoms with van der Waals surface area (Å²) in [5, 5.41) is 10.3. The predicted octanol–water partition coefficient (Wildman–Crippen LogP) is 3.98. The molecule has 0 saturated carbocycles. The molecule has 0 aromatic carbocycles. The summed E-state index contributed by atoms with van der Waals surface area (Å²) in [6.45, 7) is 9.07. The number of allylic oxidation sites excluding steroid dienone is 4. The van der Waals surface area contributed by atoms with Crippen molar-refractivity contribution in [3.8, 4) is 0 Å². The predicted molar refractivity (Wildman–Crippen MR) is 124 cm³/mol. The van der Waals surface area contributed by atoms with E-state index in [1.807, 2.05) is 32.9 Å². The van der Waals surface area contributed by atoms with Gasteiger partial charge in [-0.05, 0) is 46.0 Å². The lowest BCUT2D eigenvalue weighted by Crippen LogP contribution is -2.41. The van der Waals surface area contributed by atoms with E-state index in [4.69, 9.17) is 9.15 Å². The van der Waals surface area contributed by atoms with Crippen molar-refractivity contribution in [2.24, 2.45) is 5.92 Å². The first-order valence-electron chi connectivity index (χ1n) is 11.3. The Morgan fingerprint density at radius 3 is 2.64 bits per heavy atom. The smallest absolute Gasteiger partial charge is 0.277 e. The number of oxazole rings is 1. The third kappa shape index (κ3) is 5.60. The molecular weight excluding hydrogens is 422 g/mol. The van der Waals surface area contributed by atoms with Crippen LogP contribution < -0.4 is 10.6 Å². The molecule has 0 spiro atoms. The van der Waals surface area contributed by atoms with Crippen LogP contribution in [-0.2, 0) is 4.74 Å². The first-order valence-corrected chi connectivity index (χ1v) is 11.3. The number of nitrogens with one attached hydrogen (secondary N) is 2. The summed E-state index contributed by atoms with van der Waals surface area (Å²) in [5.74, 6) is 0.00737. The fourth-order valence-corrected chi connectivity index (χ4v) is 3.90. The SMILES string of the molecule is CC1C=CC=C(c2nc(C(=O)Nc3cn(C4CCOCC4)nc3C(=O)NC(C)(C)C)co2)C1. The fourth-order valence-electron chi connectivity index (χ4n) is 3.90. The van der Waals surface area contributed by atoms with Crippen molar-refractivity contribution in [2.75, 3.05) is 18.5 Å². The molecule has 1 fully saturated rings. The zero-order valence-electron chi connectivity index (χ0n) is 19.6. The highest BCUT2D eigenvalue weighted by atomic mass is 16.5. The van der Waals surface area contributed by atoms with E-state index in [1.54, 1.807) is 10.9 Å². The number of carbonyl (C=O) groups is 2. The summed E-state index contributed by atoms with van der Waals surface area (Å²) in [7, 11) is 0. The van der Waals surface area contributed by atoms with Crippen molar-refractivity contribution in [3.05, 3.63) is 48.0 Å². The first-order chi connectivity index (χ1) is 15.7. The molecule has 2 aromatic rings. The summed E-state index contributed by atoms with van der Waals surface area (Å²) in [4.78, 5) is 30.3. The number of aromatic nitrogens is 3. The highest BCUT2D eigenvalue weighted by Crippen LogP contribution is 2.27. The van der Waals surface area contributed by atoms with Crippen molar-refractivity contribution < 1.29 is 18.7 Å². The van der Waals surface area contributed by atoms with E-state index in [1.165, 1.54) is 6.26 Å². The molecule has 1 aliphatic heterocycles. The number of hydrogen-bond acceptors (Lipinski definition) is 6. The normalized spacial score (nSPS) is 19.3. The molecule has 3 heterocycles. The summed E-state index contributed by atoms with van der Waals surface area (Å²) in [6, 6.07) is 0.109. The van der Waals surface area contributed by atoms with Crippen LogP contribution in [0, 0.1) is 5.92 Å². The van der Waals surface area contributed by atoms with Gasteiger partial charge in [0.2, 0.25) is 5.89 Å². The largest absolute Gasteiger partial charge is 0.444 e. The fraction of sp³-hybridized carbons (Fsp3) is 0.500. The van der Waals surface area contributed by atoms with E-state index in [2.05, 4.69) is 33.7 Å². The Balaban J connectivity index is 1.56. The highest BCUT2D eigenvalue weighted by Gasteiger charge is 2.26. The number of nitrogens with zero attached hydrogens (tertiary/aromatic N) is 3. The molecule has 9 nitrogen and oxygen atoms in total. The maximum absolute atomic E-state index is 13.0. The van der Waals surface area contributed by atoms with Crippen molar-refractivity contribution in [1.82, 2.24) is 20.1 Å². The van der Waals surface area contributed by atoms with Gasteiger partial charge in [0, 0.05) is 30.5 Å². The van der Waals surface area contributed by atoms with Gasteiger partial charge in [0.15, 0.2) is 11.4 Å². The van der Waals surface area contributed by atoms with Gasteiger partial charge in [-0.2, -0.15) is 5.10 Å². The Kier molecular flexibility index (Phi) is 6.51. The monoisotopic (exact) mass is 453 g/mol. The topological polar surface area (TPSA) is 111 Å². The summed E-state index contributed by atoms with van der Waals surface area (Å²) >= 11 is 0. The Hall–Kier alpha value is -3.20. The second kappa shape index (κ2) is 9.35. The van der Waals surface area contributed by atoms with E-state index in [-0.39, 0.29) is 23.3 Å². The summed E-state index contributed by atoms with van der Waals surface area (Å²) in [5.41, 5.74) is 1.16. The molecule has 1 atom stereocenters. The van der Waals surface area contributed by atoms with Crippen LogP contribution >= 0.6 is 0 Å². The maximum atomic E-state index is 13.0. The molecule has 1 saturated heterocycles. The first kappa shape index (κ1) is 23.0. The van der Waals surface area contributed by atoms with Gasteiger partial charge in [0.05, 0.1) is 11.7 Å². The molecule has 0 bridgehead atoms.